The van der Waals surface area contributed by atoms with Crippen LogP contribution in [-0.2, 0) is 7.05 Å². The lowest BCUT2D eigenvalue weighted by molar-refractivity contribution is 0.0853. The highest BCUT2D eigenvalue weighted by molar-refractivity contribution is 5.92. The Morgan fingerprint density at radius 1 is 1.28 bits per heavy atom. The summed E-state index contributed by atoms with van der Waals surface area (Å²) in [5.74, 6) is -0.750. The molecule has 25 heavy (non-hydrogen) atoms. The summed E-state index contributed by atoms with van der Waals surface area (Å²) in [5.41, 5.74) is -0.504. The van der Waals surface area contributed by atoms with Crippen molar-refractivity contribution >= 4 is 5.91 Å². The highest BCUT2D eigenvalue weighted by Crippen LogP contribution is 2.22. The summed E-state index contributed by atoms with van der Waals surface area (Å²) < 4.78 is 20.3. The second kappa shape index (κ2) is 7.46. The lowest BCUT2D eigenvalue weighted by atomic mass is 9.87. The highest BCUT2D eigenvalue weighted by atomic mass is 19.1. The van der Waals surface area contributed by atoms with Gasteiger partial charge >= 0.3 is 0 Å². The fraction of sp³-hybridized carbons (Fsp3) is 0.389. The van der Waals surface area contributed by atoms with E-state index in [0.717, 1.165) is 4.68 Å². The van der Waals surface area contributed by atoms with Crippen LogP contribution in [0.15, 0.2) is 41.2 Å². The summed E-state index contributed by atoms with van der Waals surface area (Å²) in [5, 5.41) is 6.78. The van der Waals surface area contributed by atoms with Gasteiger partial charge < -0.3 is 10.1 Å². The minimum Gasteiger partial charge on any atom is -0.488 e. The normalized spacial score (nSPS) is 12.5. The van der Waals surface area contributed by atoms with Crippen LogP contribution in [0.5, 0.6) is 5.75 Å². The van der Waals surface area contributed by atoms with Gasteiger partial charge in [0, 0.05) is 13.1 Å². The van der Waals surface area contributed by atoms with Crippen molar-refractivity contribution in [3.63, 3.8) is 0 Å². The van der Waals surface area contributed by atoms with E-state index in [0.29, 0.717) is 0 Å². The molecule has 0 aliphatic carbocycles. The SMILES string of the molecule is Cn1nc(C(=O)N[C@@H](COc2ccccc2F)C(C)(C)C)ccc1=O. The maximum atomic E-state index is 13.7. The van der Waals surface area contributed by atoms with Crippen molar-refractivity contribution in [2.75, 3.05) is 6.61 Å². The van der Waals surface area contributed by atoms with Crippen LogP contribution in [0, 0.1) is 11.2 Å². The van der Waals surface area contributed by atoms with Gasteiger partial charge in [0.1, 0.15) is 12.3 Å². The summed E-state index contributed by atoms with van der Waals surface area (Å²) in [6.45, 7) is 5.92. The van der Waals surface area contributed by atoms with E-state index in [2.05, 4.69) is 10.4 Å². The van der Waals surface area contributed by atoms with E-state index >= 15 is 0 Å². The van der Waals surface area contributed by atoms with Crippen LogP contribution < -0.4 is 15.6 Å². The molecule has 1 aromatic heterocycles. The smallest absolute Gasteiger partial charge is 0.272 e. The van der Waals surface area contributed by atoms with Crippen molar-refractivity contribution in [3.05, 3.63) is 58.3 Å². The predicted molar refractivity (Wildman–Crippen MR) is 92.1 cm³/mol. The molecule has 0 aliphatic heterocycles. The third kappa shape index (κ3) is 4.89. The van der Waals surface area contributed by atoms with Crippen LogP contribution in [-0.4, -0.2) is 28.3 Å². The number of carbonyl (C=O) groups is 1. The van der Waals surface area contributed by atoms with Gasteiger partial charge in [-0.05, 0) is 23.6 Å². The topological polar surface area (TPSA) is 73.2 Å². The number of ether oxygens (including phenoxy) is 1. The van der Waals surface area contributed by atoms with Crippen molar-refractivity contribution in [1.82, 2.24) is 15.1 Å². The molecular weight excluding hydrogens is 325 g/mol. The molecule has 0 aliphatic rings. The molecule has 0 fully saturated rings. The Hall–Kier alpha value is -2.70. The lowest BCUT2D eigenvalue weighted by Gasteiger charge is -2.31. The first-order valence-electron chi connectivity index (χ1n) is 7.91. The third-order valence-electron chi connectivity index (χ3n) is 3.79. The summed E-state index contributed by atoms with van der Waals surface area (Å²) in [4.78, 5) is 23.8. The monoisotopic (exact) mass is 347 g/mol. The minimum atomic E-state index is -0.457. The van der Waals surface area contributed by atoms with E-state index in [1.807, 2.05) is 20.8 Å². The first-order valence-corrected chi connectivity index (χ1v) is 7.91. The first kappa shape index (κ1) is 18.6. The zero-order chi connectivity index (χ0) is 18.6. The average molecular weight is 347 g/mol. The molecule has 0 saturated heterocycles. The maximum Gasteiger partial charge on any atom is 0.272 e. The highest BCUT2D eigenvalue weighted by Gasteiger charge is 2.28. The molecule has 6 nitrogen and oxygen atoms in total. The van der Waals surface area contributed by atoms with Crippen molar-refractivity contribution in [1.29, 1.82) is 0 Å². The van der Waals surface area contributed by atoms with Gasteiger partial charge in [-0.1, -0.05) is 32.9 Å². The van der Waals surface area contributed by atoms with Gasteiger partial charge in [-0.2, -0.15) is 5.10 Å². The second-order valence-electron chi connectivity index (χ2n) is 6.81. The van der Waals surface area contributed by atoms with Crippen molar-refractivity contribution in [2.24, 2.45) is 12.5 Å². The van der Waals surface area contributed by atoms with Crippen molar-refractivity contribution in [2.45, 2.75) is 26.8 Å². The molecule has 0 radical (unpaired) electrons. The molecule has 0 unspecified atom stereocenters. The number of para-hydroxylation sites is 1. The predicted octanol–water partition coefficient (Wildman–Crippen LogP) is 2.14. The quantitative estimate of drug-likeness (QED) is 0.899. The van der Waals surface area contributed by atoms with Gasteiger partial charge in [-0.3, -0.25) is 9.59 Å². The summed E-state index contributed by atoms with van der Waals surface area (Å²) in [6, 6.07) is 8.37. The number of nitrogens with zero attached hydrogens (tertiary/aromatic N) is 2. The van der Waals surface area contributed by atoms with Gasteiger partial charge in [0.15, 0.2) is 11.6 Å². The Bertz CT molecular complexity index is 812. The van der Waals surface area contributed by atoms with Crippen LogP contribution >= 0.6 is 0 Å². The van der Waals surface area contributed by atoms with E-state index in [1.54, 1.807) is 12.1 Å². The van der Waals surface area contributed by atoms with E-state index in [1.165, 1.54) is 31.3 Å². The number of carbonyl (C=O) groups excluding carboxylic acids is 1. The molecule has 1 heterocycles. The molecule has 0 bridgehead atoms. The Labute approximate surface area is 145 Å². The summed E-state index contributed by atoms with van der Waals surface area (Å²) in [7, 11) is 1.47. The first-order chi connectivity index (χ1) is 11.7. The van der Waals surface area contributed by atoms with Crippen LogP contribution in [0.25, 0.3) is 0 Å². The number of amides is 1. The molecule has 1 N–H and O–H groups in total. The molecule has 1 atom stereocenters. The zero-order valence-electron chi connectivity index (χ0n) is 14.7. The number of hydrogen-bond donors (Lipinski definition) is 1. The molecule has 2 rings (SSSR count). The van der Waals surface area contributed by atoms with Gasteiger partial charge in [0.25, 0.3) is 11.5 Å². The Morgan fingerprint density at radius 3 is 2.56 bits per heavy atom. The molecule has 1 amide bonds. The zero-order valence-corrected chi connectivity index (χ0v) is 14.7. The molecule has 7 heteroatoms. The van der Waals surface area contributed by atoms with Gasteiger partial charge in [-0.25, -0.2) is 9.07 Å². The van der Waals surface area contributed by atoms with E-state index < -0.39 is 17.8 Å². The number of nitrogens with one attached hydrogen (secondary N) is 1. The largest absolute Gasteiger partial charge is 0.488 e. The fourth-order valence-electron chi connectivity index (χ4n) is 2.10. The Balaban J connectivity index is 2.12. The van der Waals surface area contributed by atoms with Gasteiger partial charge in [0.2, 0.25) is 0 Å². The number of hydrogen-bond acceptors (Lipinski definition) is 4. The standard InChI is InChI=1S/C18H22FN3O3/c1-18(2,3)15(11-25-14-8-6-5-7-12(14)19)20-17(24)13-9-10-16(23)22(4)21-13/h5-10,15H,11H2,1-4H3,(H,20,24)/t15-/m0/s1. The number of benzene rings is 1. The molecule has 2 aromatic rings. The summed E-state index contributed by atoms with van der Waals surface area (Å²) in [6.07, 6.45) is 0. The van der Waals surface area contributed by atoms with Gasteiger partial charge in [0.05, 0.1) is 6.04 Å². The van der Waals surface area contributed by atoms with Gasteiger partial charge in [-0.15, -0.1) is 0 Å². The summed E-state index contributed by atoms with van der Waals surface area (Å²) >= 11 is 0. The number of rotatable bonds is 5. The van der Waals surface area contributed by atoms with Crippen LogP contribution in [0.4, 0.5) is 4.39 Å². The van der Waals surface area contributed by atoms with E-state index in [-0.39, 0.29) is 29.0 Å². The van der Waals surface area contributed by atoms with Crippen LogP contribution in [0.2, 0.25) is 0 Å². The Kier molecular flexibility index (Phi) is 5.56. The molecule has 1 aromatic carbocycles. The fourth-order valence-corrected chi connectivity index (χ4v) is 2.10. The van der Waals surface area contributed by atoms with E-state index in [9.17, 15) is 14.0 Å². The number of aromatic nitrogens is 2. The lowest BCUT2D eigenvalue weighted by Crippen LogP contribution is -2.48. The number of halogens is 1. The second-order valence-corrected chi connectivity index (χ2v) is 6.81. The van der Waals surface area contributed by atoms with Crippen LogP contribution in [0.1, 0.15) is 31.3 Å². The maximum absolute atomic E-state index is 13.7. The molecule has 134 valence electrons. The Morgan fingerprint density at radius 2 is 1.96 bits per heavy atom. The van der Waals surface area contributed by atoms with Crippen molar-refractivity contribution in [3.8, 4) is 5.75 Å². The molecular formula is C18H22FN3O3. The molecule has 0 saturated carbocycles. The molecule has 0 spiro atoms. The average Bonchev–Trinajstić information content (AvgIpc) is 2.54. The third-order valence-corrected chi connectivity index (χ3v) is 3.79. The van der Waals surface area contributed by atoms with Crippen LogP contribution in [0.3, 0.4) is 0 Å². The van der Waals surface area contributed by atoms with Crippen molar-refractivity contribution < 1.29 is 13.9 Å². The minimum absolute atomic E-state index is 0.0991. The van der Waals surface area contributed by atoms with E-state index in [4.69, 9.17) is 4.74 Å². The number of aryl methyl sites for hydroxylation is 1.